The van der Waals surface area contributed by atoms with E-state index in [2.05, 4.69) is 17.2 Å². The van der Waals surface area contributed by atoms with Crippen LogP contribution in [0.3, 0.4) is 0 Å². The van der Waals surface area contributed by atoms with Crippen LogP contribution in [0.1, 0.15) is 49.7 Å². The van der Waals surface area contributed by atoms with Crippen LogP contribution in [0, 0.1) is 5.41 Å². The number of halogens is 1. The number of aromatic nitrogens is 1. The summed E-state index contributed by atoms with van der Waals surface area (Å²) < 4.78 is 0. The quantitative estimate of drug-likeness (QED) is 0.817. The molecule has 19 heavy (non-hydrogen) atoms. The van der Waals surface area contributed by atoms with E-state index in [-0.39, 0.29) is 5.91 Å². The molecule has 1 aromatic rings. The highest BCUT2D eigenvalue weighted by Crippen LogP contribution is 2.40. The Bertz CT molecular complexity index is 427. The molecule has 0 aromatic carbocycles. The normalized spacial score (nSPS) is 17.6. The molecule has 1 saturated carbocycles. The Morgan fingerprint density at radius 1 is 1.53 bits per heavy atom. The third-order valence-corrected chi connectivity index (χ3v) is 5.29. The first-order chi connectivity index (χ1) is 9.17. The van der Waals surface area contributed by atoms with E-state index in [1.807, 2.05) is 5.38 Å². The molecule has 5 heteroatoms. The summed E-state index contributed by atoms with van der Waals surface area (Å²) in [6.45, 7) is 3.04. The SMILES string of the molecule is CCC1(CNC(=O)Cc2nc(CCl)cs2)CCCC1. The summed E-state index contributed by atoms with van der Waals surface area (Å²) in [4.78, 5) is 16.3. The van der Waals surface area contributed by atoms with Gasteiger partial charge in [-0.25, -0.2) is 4.98 Å². The van der Waals surface area contributed by atoms with Gasteiger partial charge in [-0.1, -0.05) is 19.8 Å². The van der Waals surface area contributed by atoms with Crippen LogP contribution in [0.4, 0.5) is 0 Å². The maximum absolute atomic E-state index is 11.9. The number of nitrogens with one attached hydrogen (secondary N) is 1. The summed E-state index contributed by atoms with van der Waals surface area (Å²) in [6.07, 6.45) is 6.63. The third-order valence-electron chi connectivity index (χ3n) is 4.12. The molecule has 2 rings (SSSR count). The van der Waals surface area contributed by atoms with Crippen molar-refractivity contribution in [3.8, 4) is 0 Å². The second-order valence-electron chi connectivity index (χ2n) is 5.38. The molecule has 1 aromatic heterocycles. The molecule has 1 aliphatic carbocycles. The molecule has 1 aliphatic rings. The lowest BCUT2D eigenvalue weighted by Crippen LogP contribution is -2.36. The van der Waals surface area contributed by atoms with Gasteiger partial charge in [-0.3, -0.25) is 4.79 Å². The van der Waals surface area contributed by atoms with Crippen molar-refractivity contribution in [3.05, 3.63) is 16.1 Å². The molecule has 1 amide bonds. The molecular formula is C14H21ClN2OS. The minimum Gasteiger partial charge on any atom is -0.355 e. The van der Waals surface area contributed by atoms with E-state index in [0.717, 1.165) is 23.7 Å². The molecule has 1 N–H and O–H groups in total. The van der Waals surface area contributed by atoms with Crippen LogP contribution < -0.4 is 5.32 Å². The Labute approximate surface area is 123 Å². The van der Waals surface area contributed by atoms with Crippen LogP contribution in [0.25, 0.3) is 0 Å². The van der Waals surface area contributed by atoms with Gasteiger partial charge in [-0.05, 0) is 24.7 Å². The van der Waals surface area contributed by atoms with E-state index in [0.29, 0.717) is 17.7 Å². The number of carbonyl (C=O) groups excluding carboxylic acids is 1. The number of rotatable bonds is 6. The van der Waals surface area contributed by atoms with E-state index in [1.165, 1.54) is 37.0 Å². The van der Waals surface area contributed by atoms with E-state index in [9.17, 15) is 4.79 Å². The monoisotopic (exact) mass is 300 g/mol. The van der Waals surface area contributed by atoms with Crippen molar-refractivity contribution in [2.45, 2.75) is 51.3 Å². The van der Waals surface area contributed by atoms with Gasteiger partial charge in [0, 0.05) is 11.9 Å². The lowest BCUT2D eigenvalue weighted by atomic mass is 9.83. The zero-order chi connectivity index (χ0) is 13.7. The number of carbonyl (C=O) groups is 1. The zero-order valence-corrected chi connectivity index (χ0v) is 12.9. The van der Waals surface area contributed by atoms with Gasteiger partial charge in [0.2, 0.25) is 5.91 Å². The fraction of sp³-hybridized carbons (Fsp3) is 0.714. The summed E-state index contributed by atoms with van der Waals surface area (Å²) in [5.74, 6) is 0.493. The van der Waals surface area contributed by atoms with Gasteiger partial charge in [-0.2, -0.15) is 0 Å². The summed E-state index contributed by atoms with van der Waals surface area (Å²) in [6, 6.07) is 0. The Balaban J connectivity index is 1.81. The zero-order valence-electron chi connectivity index (χ0n) is 11.4. The van der Waals surface area contributed by atoms with Crippen molar-refractivity contribution in [2.24, 2.45) is 5.41 Å². The second-order valence-corrected chi connectivity index (χ2v) is 6.59. The molecule has 0 radical (unpaired) electrons. The molecule has 0 spiro atoms. The Morgan fingerprint density at radius 3 is 2.84 bits per heavy atom. The van der Waals surface area contributed by atoms with Gasteiger partial charge < -0.3 is 5.32 Å². The van der Waals surface area contributed by atoms with Gasteiger partial charge in [-0.15, -0.1) is 22.9 Å². The summed E-state index contributed by atoms with van der Waals surface area (Å²) in [5.41, 5.74) is 1.20. The van der Waals surface area contributed by atoms with Gasteiger partial charge in [0.25, 0.3) is 0 Å². The highest BCUT2D eigenvalue weighted by atomic mass is 35.5. The molecule has 0 saturated heterocycles. The number of amides is 1. The Kier molecular flexibility index (Phi) is 5.22. The first-order valence-corrected chi connectivity index (χ1v) is 8.35. The number of alkyl halides is 1. The fourth-order valence-corrected chi connectivity index (χ4v) is 3.78. The topological polar surface area (TPSA) is 42.0 Å². The van der Waals surface area contributed by atoms with Crippen molar-refractivity contribution in [1.29, 1.82) is 0 Å². The molecule has 1 fully saturated rings. The highest BCUT2D eigenvalue weighted by molar-refractivity contribution is 7.09. The first kappa shape index (κ1) is 14.8. The minimum atomic E-state index is 0.0789. The van der Waals surface area contributed by atoms with Gasteiger partial charge in [0.1, 0.15) is 5.01 Å². The van der Waals surface area contributed by atoms with Crippen molar-refractivity contribution in [3.63, 3.8) is 0 Å². The lowest BCUT2D eigenvalue weighted by Gasteiger charge is -2.27. The predicted octanol–water partition coefficient (Wildman–Crippen LogP) is 3.51. The standard InChI is InChI=1S/C14H21ClN2OS/c1-2-14(5-3-4-6-14)10-16-12(18)7-13-17-11(8-15)9-19-13/h9H,2-8,10H2,1H3,(H,16,18). The summed E-state index contributed by atoms with van der Waals surface area (Å²) in [5, 5.41) is 5.86. The molecule has 0 bridgehead atoms. The molecule has 0 atom stereocenters. The van der Waals surface area contributed by atoms with Crippen molar-refractivity contribution in [1.82, 2.24) is 10.3 Å². The molecule has 106 valence electrons. The van der Waals surface area contributed by atoms with E-state index in [4.69, 9.17) is 11.6 Å². The van der Waals surface area contributed by atoms with Crippen molar-refractivity contribution >= 4 is 28.8 Å². The van der Waals surface area contributed by atoms with Crippen LogP contribution >= 0.6 is 22.9 Å². The number of thiazole rings is 1. The van der Waals surface area contributed by atoms with Gasteiger partial charge in [0.15, 0.2) is 0 Å². The number of hydrogen-bond acceptors (Lipinski definition) is 3. The maximum atomic E-state index is 11.9. The van der Waals surface area contributed by atoms with Crippen LogP contribution in [0.15, 0.2) is 5.38 Å². The Hall–Kier alpha value is -0.610. The predicted molar refractivity (Wildman–Crippen MR) is 79.6 cm³/mol. The first-order valence-electron chi connectivity index (χ1n) is 6.93. The highest BCUT2D eigenvalue weighted by Gasteiger charge is 2.32. The smallest absolute Gasteiger partial charge is 0.226 e. The lowest BCUT2D eigenvalue weighted by molar-refractivity contribution is -0.121. The van der Waals surface area contributed by atoms with Crippen LogP contribution in [-0.2, 0) is 17.1 Å². The van der Waals surface area contributed by atoms with E-state index in [1.54, 1.807) is 0 Å². The minimum absolute atomic E-state index is 0.0789. The third kappa shape index (κ3) is 3.93. The summed E-state index contributed by atoms with van der Waals surface area (Å²) >= 11 is 7.21. The molecule has 0 aliphatic heterocycles. The number of nitrogens with zero attached hydrogens (tertiary/aromatic N) is 1. The van der Waals surface area contributed by atoms with Crippen LogP contribution in [0.2, 0.25) is 0 Å². The fourth-order valence-electron chi connectivity index (χ4n) is 2.76. The maximum Gasteiger partial charge on any atom is 0.226 e. The molecule has 3 nitrogen and oxygen atoms in total. The van der Waals surface area contributed by atoms with Crippen LogP contribution in [0.5, 0.6) is 0 Å². The van der Waals surface area contributed by atoms with Gasteiger partial charge in [0.05, 0.1) is 18.0 Å². The van der Waals surface area contributed by atoms with Crippen molar-refractivity contribution < 1.29 is 4.79 Å². The molecule has 1 heterocycles. The average molecular weight is 301 g/mol. The second kappa shape index (κ2) is 6.71. The number of hydrogen-bond donors (Lipinski definition) is 1. The average Bonchev–Trinajstić information content (AvgIpc) is 3.06. The molecule has 0 unspecified atom stereocenters. The largest absolute Gasteiger partial charge is 0.355 e. The van der Waals surface area contributed by atoms with E-state index >= 15 is 0 Å². The Morgan fingerprint density at radius 2 is 2.26 bits per heavy atom. The molecular weight excluding hydrogens is 280 g/mol. The van der Waals surface area contributed by atoms with Crippen molar-refractivity contribution in [2.75, 3.05) is 6.54 Å². The summed E-state index contributed by atoms with van der Waals surface area (Å²) in [7, 11) is 0. The van der Waals surface area contributed by atoms with E-state index < -0.39 is 0 Å². The van der Waals surface area contributed by atoms with Gasteiger partial charge >= 0.3 is 0 Å². The van der Waals surface area contributed by atoms with Crippen LogP contribution in [-0.4, -0.2) is 17.4 Å².